The van der Waals surface area contributed by atoms with Crippen molar-refractivity contribution in [3.8, 4) is 0 Å². The fraction of sp³-hybridized carbons (Fsp3) is 0.294. The molecule has 120 valence electrons. The Labute approximate surface area is 135 Å². The Bertz CT molecular complexity index is 677. The predicted octanol–water partition coefficient (Wildman–Crippen LogP) is 2.78. The molecule has 23 heavy (non-hydrogen) atoms. The number of Topliss-reactive ketones (excluding diaryl/α,β-unsaturated/α-hetero) is 1. The molecule has 2 aromatic rings. The Balaban J connectivity index is 2.07. The Morgan fingerprint density at radius 3 is 2.17 bits per heavy atom. The molecule has 0 aliphatic heterocycles. The molecular weight excluding hydrogens is 292 g/mol. The smallest absolute Gasteiger partial charge is 0.275 e. The molecule has 0 radical (unpaired) electrons. The van der Waals surface area contributed by atoms with E-state index >= 15 is 0 Å². The summed E-state index contributed by atoms with van der Waals surface area (Å²) in [6, 6.07) is 6.72. The van der Waals surface area contributed by atoms with Gasteiger partial charge in [0.1, 0.15) is 11.5 Å². The van der Waals surface area contributed by atoms with E-state index in [9.17, 15) is 9.59 Å². The van der Waals surface area contributed by atoms with Crippen LogP contribution in [-0.2, 0) is 0 Å². The minimum Gasteiger partial charge on any atom is -0.356 e. The maximum atomic E-state index is 12.2. The fourth-order valence-corrected chi connectivity index (χ4v) is 2.13. The van der Waals surface area contributed by atoms with Crippen LogP contribution in [0.1, 0.15) is 41.6 Å². The number of rotatable bonds is 6. The van der Waals surface area contributed by atoms with Crippen LogP contribution in [0.25, 0.3) is 0 Å². The van der Waals surface area contributed by atoms with Crippen molar-refractivity contribution in [1.82, 2.24) is 9.97 Å². The lowest BCUT2D eigenvalue weighted by molar-refractivity contribution is 0.101. The number of nitrogens with zero attached hydrogens (tertiary/aromatic N) is 3. The first-order valence-electron chi connectivity index (χ1n) is 7.54. The van der Waals surface area contributed by atoms with Gasteiger partial charge in [-0.05, 0) is 45.0 Å². The number of carbonyl (C=O) groups excluding carboxylic acids is 2. The standard InChI is InChI=1S/C17H20N4O2/c1-4-21(5-2)16-11-18-15(10-19-16)17(23)20-14-8-6-13(7-9-14)12(3)22/h6-11H,4-5H2,1-3H3,(H,20,23). The average Bonchev–Trinajstić information content (AvgIpc) is 2.57. The highest BCUT2D eigenvalue weighted by Gasteiger charge is 2.10. The molecule has 6 nitrogen and oxygen atoms in total. The molecule has 1 aromatic carbocycles. The van der Waals surface area contributed by atoms with Crippen LogP contribution >= 0.6 is 0 Å². The Kier molecular flexibility index (Phi) is 5.41. The summed E-state index contributed by atoms with van der Waals surface area (Å²) < 4.78 is 0. The monoisotopic (exact) mass is 312 g/mol. The molecule has 0 saturated heterocycles. The van der Waals surface area contributed by atoms with Crippen LogP contribution in [-0.4, -0.2) is 34.7 Å². The lowest BCUT2D eigenvalue weighted by Gasteiger charge is -2.18. The molecule has 2 rings (SSSR count). The third-order valence-electron chi connectivity index (χ3n) is 3.51. The molecular formula is C17H20N4O2. The molecule has 0 bridgehead atoms. The number of benzene rings is 1. The van der Waals surface area contributed by atoms with E-state index < -0.39 is 0 Å². The van der Waals surface area contributed by atoms with E-state index in [0.29, 0.717) is 11.3 Å². The molecule has 0 atom stereocenters. The van der Waals surface area contributed by atoms with Crippen molar-refractivity contribution in [3.05, 3.63) is 47.9 Å². The largest absolute Gasteiger partial charge is 0.356 e. The van der Waals surface area contributed by atoms with Gasteiger partial charge in [0.2, 0.25) is 0 Å². The van der Waals surface area contributed by atoms with Crippen LogP contribution < -0.4 is 10.2 Å². The van der Waals surface area contributed by atoms with E-state index in [-0.39, 0.29) is 17.4 Å². The minimum atomic E-state index is -0.334. The van der Waals surface area contributed by atoms with Gasteiger partial charge in [0.25, 0.3) is 5.91 Å². The van der Waals surface area contributed by atoms with Crippen molar-refractivity contribution >= 4 is 23.2 Å². The van der Waals surface area contributed by atoms with E-state index in [0.717, 1.165) is 18.9 Å². The lowest BCUT2D eigenvalue weighted by Crippen LogP contribution is -2.23. The first kappa shape index (κ1) is 16.6. The number of hydrogen-bond acceptors (Lipinski definition) is 5. The van der Waals surface area contributed by atoms with Gasteiger partial charge in [-0.15, -0.1) is 0 Å². The van der Waals surface area contributed by atoms with E-state index in [1.54, 1.807) is 30.5 Å². The zero-order valence-corrected chi connectivity index (χ0v) is 13.5. The zero-order chi connectivity index (χ0) is 16.8. The highest BCUT2D eigenvalue weighted by atomic mass is 16.2. The third-order valence-corrected chi connectivity index (χ3v) is 3.51. The molecule has 0 aliphatic rings. The maximum absolute atomic E-state index is 12.2. The highest BCUT2D eigenvalue weighted by molar-refractivity contribution is 6.03. The summed E-state index contributed by atoms with van der Waals surface area (Å²) in [7, 11) is 0. The molecule has 0 aliphatic carbocycles. The number of amides is 1. The molecule has 1 N–H and O–H groups in total. The molecule has 0 fully saturated rings. The fourth-order valence-electron chi connectivity index (χ4n) is 2.13. The molecule has 1 amide bonds. The van der Waals surface area contributed by atoms with Crippen LogP contribution in [0, 0.1) is 0 Å². The first-order chi connectivity index (χ1) is 11.0. The second-order valence-corrected chi connectivity index (χ2v) is 5.02. The van der Waals surface area contributed by atoms with Gasteiger partial charge in [-0.1, -0.05) is 0 Å². The highest BCUT2D eigenvalue weighted by Crippen LogP contribution is 2.12. The van der Waals surface area contributed by atoms with Crippen molar-refractivity contribution in [2.45, 2.75) is 20.8 Å². The van der Waals surface area contributed by atoms with Gasteiger partial charge in [0, 0.05) is 24.3 Å². The maximum Gasteiger partial charge on any atom is 0.275 e. The van der Waals surface area contributed by atoms with Crippen LogP contribution in [0.5, 0.6) is 0 Å². The van der Waals surface area contributed by atoms with Gasteiger partial charge in [0.05, 0.1) is 12.4 Å². The number of carbonyl (C=O) groups is 2. The SMILES string of the molecule is CCN(CC)c1cnc(C(=O)Nc2ccc(C(C)=O)cc2)cn1. The molecule has 1 heterocycles. The van der Waals surface area contributed by atoms with Crippen LogP contribution in [0.4, 0.5) is 11.5 Å². The summed E-state index contributed by atoms with van der Waals surface area (Å²) in [6.45, 7) is 7.24. The van der Waals surface area contributed by atoms with E-state index in [1.807, 2.05) is 13.8 Å². The molecule has 0 spiro atoms. The predicted molar refractivity (Wildman–Crippen MR) is 90.0 cm³/mol. The lowest BCUT2D eigenvalue weighted by atomic mass is 10.1. The summed E-state index contributed by atoms with van der Waals surface area (Å²) >= 11 is 0. The number of aromatic nitrogens is 2. The minimum absolute atomic E-state index is 0.0132. The van der Waals surface area contributed by atoms with E-state index in [4.69, 9.17) is 0 Å². The molecule has 0 saturated carbocycles. The number of anilines is 2. The average molecular weight is 312 g/mol. The topological polar surface area (TPSA) is 75.2 Å². The molecule has 1 aromatic heterocycles. The number of ketones is 1. The Hall–Kier alpha value is -2.76. The Morgan fingerprint density at radius 2 is 1.70 bits per heavy atom. The van der Waals surface area contributed by atoms with Gasteiger partial charge in [-0.25, -0.2) is 9.97 Å². The third kappa shape index (κ3) is 4.12. The summed E-state index contributed by atoms with van der Waals surface area (Å²) in [6.07, 6.45) is 3.06. The zero-order valence-electron chi connectivity index (χ0n) is 13.5. The second-order valence-electron chi connectivity index (χ2n) is 5.02. The molecule has 6 heteroatoms. The normalized spacial score (nSPS) is 10.2. The van der Waals surface area contributed by atoms with Crippen molar-refractivity contribution < 1.29 is 9.59 Å². The quantitative estimate of drug-likeness (QED) is 0.830. The van der Waals surface area contributed by atoms with Crippen LogP contribution in [0.3, 0.4) is 0 Å². The van der Waals surface area contributed by atoms with Gasteiger partial charge in [0.15, 0.2) is 5.78 Å². The van der Waals surface area contributed by atoms with E-state index in [1.165, 1.54) is 13.1 Å². The summed E-state index contributed by atoms with van der Waals surface area (Å²) in [5.74, 6) is 0.400. The number of hydrogen-bond donors (Lipinski definition) is 1. The van der Waals surface area contributed by atoms with Crippen molar-refractivity contribution in [2.24, 2.45) is 0 Å². The van der Waals surface area contributed by atoms with Gasteiger partial charge in [-0.2, -0.15) is 0 Å². The van der Waals surface area contributed by atoms with Gasteiger partial charge < -0.3 is 10.2 Å². The first-order valence-corrected chi connectivity index (χ1v) is 7.54. The van der Waals surface area contributed by atoms with Crippen molar-refractivity contribution in [2.75, 3.05) is 23.3 Å². The molecule has 0 unspecified atom stereocenters. The Morgan fingerprint density at radius 1 is 1.04 bits per heavy atom. The summed E-state index contributed by atoms with van der Waals surface area (Å²) in [4.78, 5) is 33.9. The second kappa shape index (κ2) is 7.49. The van der Waals surface area contributed by atoms with Crippen LogP contribution in [0.15, 0.2) is 36.7 Å². The summed E-state index contributed by atoms with van der Waals surface area (Å²) in [5, 5.41) is 2.73. The van der Waals surface area contributed by atoms with Gasteiger partial charge >= 0.3 is 0 Å². The number of nitrogens with one attached hydrogen (secondary N) is 1. The van der Waals surface area contributed by atoms with Gasteiger partial charge in [-0.3, -0.25) is 9.59 Å². The van der Waals surface area contributed by atoms with Crippen LogP contribution in [0.2, 0.25) is 0 Å². The van der Waals surface area contributed by atoms with Crippen molar-refractivity contribution in [1.29, 1.82) is 0 Å². The van der Waals surface area contributed by atoms with Crippen molar-refractivity contribution in [3.63, 3.8) is 0 Å². The van der Waals surface area contributed by atoms with E-state index in [2.05, 4.69) is 20.2 Å². The summed E-state index contributed by atoms with van der Waals surface area (Å²) in [5.41, 5.74) is 1.46.